The highest BCUT2D eigenvalue weighted by Gasteiger charge is 2.54. The van der Waals surface area contributed by atoms with Crippen LogP contribution in [0.1, 0.15) is 25.0 Å². The number of nitrogens with two attached hydrogens (primary N) is 1. The van der Waals surface area contributed by atoms with Gasteiger partial charge in [-0.3, -0.25) is 14.4 Å². The molecule has 5 N–H and O–H groups in total. The van der Waals surface area contributed by atoms with Gasteiger partial charge in [-0.25, -0.2) is 19.7 Å². The number of nitrogens with one attached hydrogen (secondary N) is 2. The highest BCUT2D eigenvalue weighted by atomic mass is 31.2. The molecule has 14 nitrogen and oxygen atoms in total. The molecule has 6 atom stereocenters. The first kappa shape index (κ1) is 25.7. The van der Waals surface area contributed by atoms with Crippen molar-refractivity contribution in [3.8, 4) is 0 Å². The molecular weight excluding hydrogens is 505 g/mol. The zero-order chi connectivity index (χ0) is 26.0. The molecule has 15 heteroatoms. The monoisotopic (exact) mass is 533 g/mol. The van der Waals surface area contributed by atoms with Crippen LogP contribution in [0, 0.1) is 0 Å². The molecule has 2 aliphatic heterocycles. The van der Waals surface area contributed by atoms with Gasteiger partial charge in [0, 0.05) is 18.7 Å². The minimum Gasteiger partial charge on any atom is -0.347 e. The molecular formula is C22H28N7O7P. The molecule has 3 unspecified atom stereocenters. The Balaban J connectivity index is 1.43. The molecule has 2 fully saturated rings. The molecule has 4 heterocycles. The van der Waals surface area contributed by atoms with Crippen LogP contribution in [0.5, 0.6) is 0 Å². The lowest BCUT2D eigenvalue weighted by Crippen LogP contribution is -2.31. The Morgan fingerprint density at radius 3 is 2.73 bits per heavy atom. The molecule has 2 aromatic heterocycles. The number of rotatable bonds is 9. The maximum Gasteiger partial charge on any atom is 0.329 e. The quantitative estimate of drug-likeness (QED) is 0.292. The van der Waals surface area contributed by atoms with Crippen LogP contribution >= 0.6 is 7.60 Å². The van der Waals surface area contributed by atoms with Gasteiger partial charge in [-0.2, -0.15) is 0 Å². The van der Waals surface area contributed by atoms with E-state index in [0.717, 1.165) is 5.56 Å². The Hall–Kier alpha value is -2.97. The van der Waals surface area contributed by atoms with Crippen LogP contribution in [0.4, 0.5) is 10.6 Å². The van der Waals surface area contributed by atoms with E-state index in [0.29, 0.717) is 17.7 Å². The van der Waals surface area contributed by atoms with E-state index in [1.54, 1.807) is 11.5 Å². The molecule has 0 bridgehead atoms. The first-order valence-electron chi connectivity index (χ1n) is 11.8. The van der Waals surface area contributed by atoms with Crippen molar-refractivity contribution in [3.63, 3.8) is 0 Å². The largest absolute Gasteiger partial charge is 0.347 e. The van der Waals surface area contributed by atoms with Crippen LogP contribution < -0.4 is 16.4 Å². The van der Waals surface area contributed by atoms with E-state index < -0.39 is 44.5 Å². The Morgan fingerprint density at radius 2 is 1.97 bits per heavy atom. The summed E-state index contributed by atoms with van der Waals surface area (Å²) in [6.45, 7) is 2.05. The van der Waals surface area contributed by atoms with Gasteiger partial charge in [0.1, 0.15) is 24.6 Å². The fraction of sp³-hybridized carbons (Fsp3) is 0.455. The number of ether oxygens (including phenoxy) is 3. The topological polar surface area (TPSA) is 185 Å². The minimum atomic E-state index is -3.89. The summed E-state index contributed by atoms with van der Waals surface area (Å²) in [6, 6.07) is 8.99. The van der Waals surface area contributed by atoms with E-state index in [2.05, 4.69) is 25.6 Å². The smallest absolute Gasteiger partial charge is 0.329 e. The summed E-state index contributed by atoms with van der Waals surface area (Å²) in [5.74, 6) is 0.234. The molecule has 3 aromatic rings. The SMILES string of the molecule is CCNC(=O)Nc1ncnc2c1ncn2[C@@H]1O[C@H](COP(=O)(O)CCN)C2O[C@@H](c3ccccc3)OC21. The predicted molar refractivity (Wildman–Crippen MR) is 131 cm³/mol. The van der Waals surface area contributed by atoms with Crippen LogP contribution in [-0.4, -0.2) is 74.6 Å². The number of nitrogens with zero attached hydrogens (tertiary/aromatic N) is 4. The van der Waals surface area contributed by atoms with Crippen LogP contribution in [0.15, 0.2) is 43.0 Å². The number of carbonyl (C=O) groups excluding carboxylic acids is 1. The molecule has 2 saturated heterocycles. The van der Waals surface area contributed by atoms with Crippen molar-refractivity contribution in [2.24, 2.45) is 5.73 Å². The number of carbonyl (C=O) groups is 1. The summed E-state index contributed by atoms with van der Waals surface area (Å²) in [4.78, 5) is 34.9. The van der Waals surface area contributed by atoms with Gasteiger partial charge in [0.25, 0.3) is 0 Å². The Kier molecular flexibility index (Phi) is 7.49. The molecule has 2 aliphatic rings. The van der Waals surface area contributed by atoms with Crippen molar-refractivity contribution in [2.75, 3.05) is 31.2 Å². The first-order chi connectivity index (χ1) is 17.9. The predicted octanol–water partition coefficient (Wildman–Crippen LogP) is 1.51. The summed E-state index contributed by atoms with van der Waals surface area (Å²) in [5, 5.41) is 5.30. The highest BCUT2D eigenvalue weighted by molar-refractivity contribution is 7.52. The second-order valence-electron chi connectivity index (χ2n) is 8.49. The zero-order valence-corrected chi connectivity index (χ0v) is 20.9. The number of imidazole rings is 1. The second kappa shape index (κ2) is 10.8. The van der Waals surface area contributed by atoms with Gasteiger partial charge in [0.15, 0.2) is 29.5 Å². The molecule has 0 aliphatic carbocycles. The third-order valence-corrected chi connectivity index (χ3v) is 7.35. The molecule has 0 spiro atoms. The zero-order valence-electron chi connectivity index (χ0n) is 20.0. The summed E-state index contributed by atoms with van der Waals surface area (Å²) < 4.78 is 37.9. The summed E-state index contributed by atoms with van der Waals surface area (Å²) >= 11 is 0. The third kappa shape index (κ3) is 5.36. The van der Waals surface area contributed by atoms with E-state index in [4.69, 9.17) is 24.5 Å². The molecule has 37 heavy (non-hydrogen) atoms. The number of anilines is 1. The van der Waals surface area contributed by atoms with Gasteiger partial charge >= 0.3 is 13.6 Å². The van der Waals surface area contributed by atoms with Gasteiger partial charge < -0.3 is 34.7 Å². The Morgan fingerprint density at radius 1 is 1.19 bits per heavy atom. The van der Waals surface area contributed by atoms with Crippen molar-refractivity contribution < 1.29 is 33.0 Å². The number of urea groups is 1. The second-order valence-corrected chi connectivity index (χ2v) is 10.5. The standard InChI is InChI=1S/C22H28N7O7P/c1-2-24-22(30)28-18-15-19(26-11-25-18)29(12-27-15)20-17-16(14(34-20)10-33-37(31,32)9-8-23)35-21(36-17)13-6-4-3-5-7-13/h3-7,11-12,14,16-17,20-21H,2,8-10,23H2,1H3,(H,31,32)(H2,24,25,26,28,30)/t14-,16?,17?,20-,21-/m1/s1. The summed E-state index contributed by atoms with van der Waals surface area (Å²) in [5.41, 5.74) is 7.00. The number of hydrogen-bond acceptors (Lipinski definition) is 10. The Labute approximate surface area is 212 Å². The van der Waals surface area contributed by atoms with Gasteiger partial charge in [-0.15, -0.1) is 0 Å². The van der Waals surface area contributed by atoms with Gasteiger partial charge in [-0.1, -0.05) is 30.3 Å². The van der Waals surface area contributed by atoms with Crippen molar-refractivity contribution in [1.29, 1.82) is 0 Å². The fourth-order valence-electron chi connectivity index (χ4n) is 4.32. The lowest BCUT2D eigenvalue weighted by atomic mass is 10.1. The van der Waals surface area contributed by atoms with Crippen molar-refractivity contribution >= 4 is 30.6 Å². The van der Waals surface area contributed by atoms with E-state index in [1.165, 1.54) is 12.7 Å². The van der Waals surface area contributed by atoms with E-state index in [-0.39, 0.29) is 25.1 Å². The number of hydrogen-bond donors (Lipinski definition) is 4. The van der Waals surface area contributed by atoms with E-state index >= 15 is 0 Å². The lowest BCUT2D eigenvalue weighted by molar-refractivity contribution is -0.152. The molecule has 2 amide bonds. The highest BCUT2D eigenvalue weighted by Crippen LogP contribution is 2.47. The minimum absolute atomic E-state index is 0.0110. The van der Waals surface area contributed by atoms with E-state index in [1.807, 2.05) is 30.3 Å². The van der Waals surface area contributed by atoms with E-state index in [9.17, 15) is 14.3 Å². The van der Waals surface area contributed by atoms with Crippen LogP contribution in [0.3, 0.4) is 0 Å². The van der Waals surface area contributed by atoms with Crippen LogP contribution in [-0.2, 0) is 23.3 Å². The van der Waals surface area contributed by atoms with Gasteiger partial charge in [0.05, 0.1) is 19.1 Å². The van der Waals surface area contributed by atoms with Crippen LogP contribution in [0.25, 0.3) is 11.2 Å². The molecule has 0 saturated carbocycles. The molecule has 1 aromatic carbocycles. The lowest BCUT2D eigenvalue weighted by Gasteiger charge is -2.22. The summed E-state index contributed by atoms with van der Waals surface area (Å²) in [6.07, 6.45) is -0.730. The first-order valence-corrected chi connectivity index (χ1v) is 13.6. The fourth-order valence-corrected chi connectivity index (χ4v) is 5.16. The molecule has 198 valence electrons. The maximum absolute atomic E-state index is 12.3. The number of benzene rings is 1. The average Bonchev–Trinajstić information content (AvgIpc) is 3.58. The summed E-state index contributed by atoms with van der Waals surface area (Å²) in [7, 11) is -3.89. The number of aromatic nitrogens is 4. The normalized spacial score (nSPS) is 26.6. The number of amides is 2. The number of fused-ring (bicyclic) bond motifs is 2. The molecule has 0 radical (unpaired) electrons. The van der Waals surface area contributed by atoms with Crippen molar-refractivity contribution in [3.05, 3.63) is 48.5 Å². The van der Waals surface area contributed by atoms with Crippen LogP contribution in [0.2, 0.25) is 0 Å². The van der Waals surface area contributed by atoms with Gasteiger partial charge in [0.2, 0.25) is 0 Å². The third-order valence-electron chi connectivity index (χ3n) is 5.97. The average molecular weight is 533 g/mol. The Bertz CT molecular complexity index is 1290. The van der Waals surface area contributed by atoms with Crippen molar-refractivity contribution in [1.82, 2.24) is 24.8 Å². The molecule has 5 rings (SSSR count). The maximum atomic E-state index is 12.3. The van der Waals surface area contributed by atoms with Gasteiger partial charge in [-0.05, 0) is 6.92 Å². The van der Waals surface area contributed by atoms with Crippen molar-refractivity contribution in [2.45, 2.75) is 37.8 Å².